The van der Waals surface area contributed by atoms with Gasteiger partial charge in [-0.2, -0.15) is 0 Å². The molecule has 0 N–H and O–H groups in total. The molecule has 0 unspecified atom stereocenters. The van der Waals surface area contributed by atoms with Crippen LogP contribution < -0.4 is 10.4 Å². The minimum absolute atomic E-state index is 1.23. The van der Waals surface area contributed by atoms with E-state index in [9.17, 15) is 0 Å². The van der Waals surface area contributed by atoms with E-state index in [1.54, 1.807) is 0 Å². The van der Waals surface area contributed by atoms with Crippen LogP contribution in [0.2, 0.25) is 0 Å². The van der Waals surface area contributed by atoms with Crippen molar-refractivity contribution in [3.8, 4) is 22.3 Å². The second kappa shape index (κ2) is 9.22. The third-order valence-electron chi connectivity index (χ3n) is 8.22. The summed E-state index contributed by atoms with van der Waals surface area (Å²) in [5.74, 6) is 0. The predicted molar refractivity (Wildman–Crippen MR) is 173 cm³/mol. The lowest BCUT2D eigenvalue weighted by atomic mass is 9.91. The van der Waals surface area contributed by atoms with Crippen molar-refractivity contribution in [1.82, 2.24) is 0 Å². The first-order chi connectivity index (χ1) is 19.8. The smallest absolute Gasteiger partial charge is 0.00324 e. The molecule has 8 aromatic rings. The molecule has 40 heavy (non-hydrogen) atoms. The van der Waals surface area contributed by atoms with Crippen LogP contribution in [0.1, 0.15) is 0 Å². The summed E-state index contributed by atoms with van der Waals surface area (Å²) in [7, 11) is 0. The van der Waals surface area contributed by atoms with Gasteiger partial charge in [-0.15, -0.1) is 0 Å². The van der Waals surface area contributed by atoms with Crippen molar-refractivity contribution >= 4 is 55.2 Å². The maximum absolute atomic E-state index is 2.36. The topological polar surface area (TPSA) is 0 Å². The van der Waals surface area contributed by atoms with Gasteiger partial charge in [-0.05, 0) is 87.9 Å². The first kappa shape index (κ1) is 22.8. The van der Waals surface area contributed by atoms with E-state index in [0.29, 0.717) is 0 Å². The SMILES string of the molecule is C(/C=c1/c(-c2ccccc2)cc2cccc3cccc1c32)=c1\c(-c2ccccc2)cc2cccc3cccc1c32. The van der Waals surface area contributed by atoms with Crippen LogP contribution in [-0.2, 0) is 0 Å². The van der Waals surface area contributed by atoms with E-state index in [1.807, 2.05) is 0 Å². The molecule has 0 amide bonds. The lowest BCUT2D eigenvalue weighted by Gasteiger charge is -2.13. The van der Waals surface area contributed by atoms with E-state index in [2.05, 4.69) is 158 Å². The quantitative estimate of drug-likeness (QED) is 0.224. The zero-order valence-electron chi connectivity index (χ0n) is 22.0. The second-order valence-electron chi connectivity index (χ2n) is 10.5. The van der Waals surface area contributed by atoms with E-state index in [4.69, 9.17) is 0 Å². The van der Waals surface area contributed by atoms with Gasteiger partial charge in [-0.25, -0.2) is 0 Å². The summed E-state index contributed by atoms with van der Waals surface area (Å²) >= 11 is 0. The lowest BCUT2D eigenvalue weighted by Crippen LogP contribution is -2.11. The average molecular weight is 507 g/mol. The fraction of sp³-hybridized carbons (Fsp3) is 0. The zero-order chi connectivity index (χ0) is 26.5. The molecule has 0 saturated heterocycles. The molecule has 0 aromatic heterocycles. The molecule has 0 aliphatic rings. The molecule has 8 rings (SSSR count). The molecule has 0 spiro atoms. The van der Waals surface area contributed by atoms with Gasteiger partial charge in [-0.3, -0.25) is 0 Å². The first-order valence-electron chi connectivity index (χ1n) is 13.9. The van der Waals surface area contributed by atoms with Crippen LogP contribution in [0.3, 0.4) is 0 Å². The van der Waals surface area contributed by atoms with Gasteiger partial charge in [0.2, 0.25) is 0 Å². The van der Waals surface area contributed by atoms with Crippen molar-refractivity contribution < 1.29 is 0 Å². The normalized spacial score (nSPS) is 12.8. The number of rotatable bonds is 3. The van der Waals surface area contributed by atoms with E-state index < -0.39 is 0 Å². The molecule has 0 saturated carbocycles. The average Bonchev–Trinajstić information content (AvgIpc) is 3.02. The first-order valence-corrected chi connectivity index (χ1v) is 13.9. The molecular weight excluding hydrogens is 480 g/mol. The molecule has 0 heterocycles. The number of benzene rings is 8. The Labute approximate surface area is 233 Å². The van der Waals surface area contributed by atoms with Gasteiger partial charge in [0, 0.05) is 0 Å². The van der Waals surface area contributed by atoms with Crippen molar-refractivity contribution in [1.29, 1.82) is 0 Å². The lowest BCUT2D eigenvalue weighted by molar-refractivity contribution is 1.61. The molecule has 8 aromatic carbocycles. The van der Waals surface area contributed by atoms with E-state index >= 15 is 0 Å². The minimum Gasteiger partial charge on any atom is -0.0622 e. The van der Waals surface area contributed by atoms with Crippen molar-refractivity contribution in [2.45, 2.75) is 0 Å². The fourth-order valence-corrected chi connectivity index (χ4v) is 6.43. The van der Waals surface area contributed by atoms with Gasteiger partial charge in [0.05, 0.1) is 0 Å². The zero-order valence-corrected chi connectivity index (χ0v) is 22.0. The molecule has 0 aliphatic heterocycles. The van der Waals surface area contributed by atoms with Gasteiger partial charge in [-0.1, -0.05) is 146 Å². The highest BCUT2D eigenvalue weighted by Crippen LogP contribution is 2.31. The van der Waals surface area contributed by atoms with Crippen LogP contribution >= 0.6 is 0 Å². The Kier molecular flexibility index (Phi) is 5.24. The molecule has 0 atom stereocenters. The van der Waals surface area contributed by atoms with Crippen molar-refractivity contribution in [3.05, 3.63) is 156 Å². The molecule has 0 fully saturated rings. The Balaban J connectivity index is 1.55. The third kappa shape index (κ3) is 3.61. The highest BCUT2D eigenvalue weighted by atomic mass is 14.1. The van der Waals surface area contributed by atoms with Gasteiger partial charge in [0.1, 0.15) is 0 Å². The summed E-state index contributed by atoms with van der Waals surface area (Å²) in [5.41, 5.74) is 4.97. The highest BCUT2D eigenvalue weighted by Gasteiger charge is 2.11. The fourth-order valence-electron chi connectivity index (χ4n) is 6.43. The summed E-state index contributed by atoms with van der Waals surface area (Å²) in [6.45, 7) is 0. The van der Waals surface area contributed by atoms with E-state index in [1.165, 1.54) is 75.8 Å². The van der Waals surface area contributed by atoms with Gasteiger partial charge in [0.15, 0.2) is 0 Å². The van der Waals surface area contributed by atoms with E-state index in [0.717, 1.165) is 0 Å². The van der Waals surface area contributed by atoms with Gasteiger partial charge in [0.25, 0.3) is 0 Å². The molecular formula is C40H26. The minimum atomic E-state index is 1.23. The van der Waals surface area contributed by atoms with Crippen LogP contribution in [0.25, 0.3) is 77.5 Å². The van der Waals surface area contributed by atoms with Crippen LogP contribution in [0.15, 0.2) is 146 Å². The monoisotopic (exact) mass is 506 g/mol. The summed E-state index contributed by atoms with van der Waals surface area (Å²) in [6, 6.07) is 52.8. The van der Waals surface area contributed by atoms with Crippen molar-refractivity contribution in [2.24, 2.45) is 0 Å². The Morgan fingerprint density at radius 1 is 0.325 bits per heavy atom. The summed E-state index contributed by atoms with van der Waals surface area (Å²) in [5, 5.41) is 12.8. The van der Waals surface area contributed by atoms with Crippen LogP contribution in [-0.4, -0.2) is 0 Å². The number of hydrogen-bond acceptors (Lipinski definition) is 0. The van der Waals surface area contributed by atoms with Crippen LogP contribution in [0.5, 0.6) is 0 Å². The molecule has 0 bridgehead atoms. The maximum Gasteiger partial charge on any atom is -0.00324 e. The largest absolute Gasteiger partial charge is 0.0622 e. The molecule has 0 aliphatic carbocycles. The standard InChI is InChI=1S/C40H26/c1-3-11-27(12-4-1)37-25-31-19-7-15-29-17-9-21-35(39(29)31)33(37)23-24-34-36-22-10-18-30-16-8-20-32(40(30)36)26-38(34)28-13-5-2-6-14-28/h1-26H/b33-23+,34-24+. The highest BCUT2D eigenvalue weighted by molar-refractivity contribution is 6.14. The summed E-state index contributed by atoms with van der Waals surface area (Å²) in [4.78, 5) is 0. The van der Waals surface area contributed by atoms with Crippen molar-refractivity contribution in [2.75, 3.05) is 0 Å². The third-order valence-corrected chi connectivity index (χ3v) is 8.22. The second-order valence-corrected chi connectivity index (χ2v) is 10.5. The molecule has 0 nitrogen and oxygen atoms in total. The Hall–Kier alpha value is -5.20. The maximum atomic E-state index is 2.36. The Morgan fingerprint density at radius 3 is 1.12 bits per heavy atom. The Morgan fingerprint density at radius 2 is 0.700 bits per heavy atom. The predicted octanol–water partition coefficient (Wildman–Crippen LogP) is 9.33. The summed E-state index contributed by atoms with van der Waals surface area (Å²) in [6.07, 6.45) is 4.70. The number of hydrogen-bond donors (Lipinski definition) is 0. The molecule has 186 valence electrons. The Bertz CT molecular complexity index is 2110. The summed E-state index contributed by atoms with van der Waals surface area (Å²) < 4.78 is 0. The van der Waals surface area contributed by atoms with Crippen LogP contribution in [0.4, 0.5) is 0 Å². The van der Waals surface area contributed by atoms with E-state index in [-0.39, 0.29) is 0 Å². The molecule has 0 heteroatoms. The van der Waals surface area contributed by atoms with Crippen LogP contribution in [0, 0.1) is 0 Å². The van der Waals surface area contributed by atoms with Gasteiger partial charge < -0.3 is 0 Å². The molecule has 0 radical (unpaired) electrons. The van der Waals surface area contributed by atoms with Gasteiger partial charge >= 0.3 is 0 Å². The van der Waals surface area contributed by atoms with Crippen molar-refractivity contribution in [3.63, 3.8) is 0 Å².